The molecule has 5 rings (SSSR count). The van der Waals surface area contributed by atoms with E-state index in [1.807, 2.05) is 26.0 Å². The summed E-state index contributed by atoms with van der Waals surface area (Å²) in [5.74, 6) is 0.0825. The van der Waals surface area contributed by atoms with E-state index >= 15 is 0 Å². The fourth-order valence-electron chi connectivity index (χ4n) is 4.35. The zero-order chi connectivity index (χ0) is 27.0. The van der Waals surface area contributed by atoms with Crippen LogP contribution in [0.25, 0.3) is 12.2 Å². The van der Waals surface area contributed by atoms with Crippen LogP contribution in [-0.4, -0.2) is 29.0 Å². The Labute approximate surface area is 230 Å². The molecule has 0 bridgehead atoms. The highest BCUT2D eigenvalue weighted by atomic mass is 79.9. The molecule has 1 atom stereocenters. The molecule has 1 N–H and O–H groups in total. The number of aromatic nitrogens is 1. The van der Waals surface area contributed by atoms with Gasteiger partial charge in [-0.15, -0.1) is 11.3 Å². The van der Waals surface area contributed by atoms with Crippen molar-refractivity contribution in [2.45, 2.75) is 45.8 Å². The molecule has 1 fully saturated rings. The van der Waals surface area contributed by atoms with Crippen LogP contribution in [0.2, 0.25) is 0 Å². The van der Waals surface area contributed by atoms with Crippen LogP contribution in [0.4, 0.5) is 10.1 Å². The van der Waals surface area contributed by atoms with E-state index in [0.29, 0.717) is 37.3 Å². The number of ether oxygens (including phenoxy) is 2. The number of amides is 1. The van der Waals surface area contributed by atoms with Crippen molar-refractivity contribution in [3.8, 4) is 11.5 Å². The molecule has 2 aliphatic rings. The molecule has 2 heterocycles. The Balaban J connectivity index is 1.56. The Morgan fingerprint density at radius 3 is 2.79 bits per heavy atom. The van der Waals surface area contributed by atoms with E-state index < -0.39 is 17.3 Å². The molecular formula is C28H26BrFN2O5S. The molecule has 0 radical (unpaired) electrons. The van der Waals surface area contributed by atoms with Crippen LogP contribution in [-0.2, 0) is 22.6 Å². The highest BCUT2D eigenvalue weighted by Gasteiger charge is 2.28. The third kappa shape index (κ3) is 5.76. The summed E-state index contributed by atoms with van der Waals surface area (Å²) in [6.07, 6.45) is 5.52. The average Bonchev–Trinajstić information content (AvgIpc) is 3.59. The maximum atomic E-state index is 14.3. The standard InChI is InChI=1S/C28H26BrFN2O5S/c1-3-36-20-9-17-8-15(2)37-27(17)18(10-20)11-24-28(35)32(26(38-24)13-23(33)16-4-5-16)14-25(34)31-22-7-6-19(29)12-21(22)30/h6-7,9-13,15-16H,3-5,8,14H2,1-2H3,(H,31,34)/b24-11-,26-13+. The number of ketones is 1. The first-order valence-corrected chi connectivity index (χ1v) is 14.0. The highest BCUT2D eigenvalue weighted by Crippen LogP contribution is 2.36. The van der Waals surface area contributed by atoms with Crippen molar-refractivity contribution in [2.75, 3.05) is 11.9 Å². The Kier molecular flexibility index (Phi) is 7.54. The van der Waals surface area contributed by atoms with Crippen molar-refractivity contribution in [1.29, 1.82) is 0 Å². The second kappa shape index (κ2) is 10.9. The molecule has 1 amide bonds. The normalized spacial score (nSPS) is 17.3. The third-order valence-electron chi connectivity index (χ3n) is 6.28. The number of nitrogens with zero attached hydrogens (tertiary/aromatic N) is 1. The number of benzene rings is 2. The number of halogens is 2. The number of carbonyl (C=O) groups excluding carboxylic acids is 2. The number of Topliss-reactive ketones (excluding diaryl/α,β-unsaturated/α-hetero) is 1. The van der Waals surface area contributed by atoms with Crippen LogP contribution in [0.5, 0.6) is 11.5 Å². The fraction of sp³-hybridized carbons (Fsp3) is 0.321. The molecule has 198 valence electrons. The van der Waals surface area contributed by atoms with E-state index in [9.17, 15) is 18.8 Å². The Bertz CT molecular complexity index is 1610. The molecular weight excluding hydrogens is 575 g/mol. The van der Waals surface area contributed by atoms with Crippen molar-refractivity contribution >= 4 is 56.8 Å². The largest absolute Gasteiger partial charge is 0.494 e. The van der Waals surface area contributed by atoms with Gasteiger partial charge >= 0.3 is 0 Å². The number of hydrogen-bond donors (Lipinski definition) is 1. The average molecular weight is 601 g/mol. The number of nitrogens with one attached hydrogen (secondary N) is 1. The minimum atomic E-state index is -0.604. The van der Waals surface area contributed by atoms with Gasteiger partial charge in [-0.05, 0) is 63.1 Å². The number of carbonyl (C=O) groups is 2. The summed E-state index contributed by atoms with van der Waals surface area (Å²) in [5, 5.41) is 2.51. The summed E-state index contributed by atoms with van der Waals surface area (Å²) in [7, 11) is 0. The number of thiazole rings is 1. The van der Waals surface area contributed by atoms with Gasteiger partial charge in [0.25, 0.3) is 5.56 Å². The second-order valence-corrected chi connectivity index (χ2v) is 11.4. The van der Waals surface area contributed by atoms with Crippen molar-refractivity contribution in [3.63, 3.8) is 0 Å². The maximum absolute atomic E-state index is 14.3. The van der Waals surface area contributed by atoms with E-state index in [-0.39, 0.29) is 30.0 Å². The van der Waals surface area contributed by atoms with Crippen molar-refractivity contribution in [2.24, 2.45) is 5.92 Å². The quantitative estimate of drug-likeness (QED) is 0.425. The van der Waals surface area contributed by atoms with E-state index in [0.717, 1.165) is 36.2 Å². The van der Waals surface area contributed by atoms with Crippen LogP contribution in [0, 0.1) is 11.7 Å². The number of anilines is 1. The summed E-state index contributed by atoms with van der Waals surface area (Å²) in [6.45, 7) is 4.01. The summed E-state index contributed by atoms with van der Waals surface area (Å²) in [6, 6.07) is 8.05. The van der Waals surface area contributed by atoms with Gasteiger partial charge in [-0.25, -0.2) is 4.39 Å². The molecule has 1 aromatic heterocycles. The summed E-state index contributed by atoms with van der Waals surface area (Å²) < 4.78 is 28.5. The zero-order valence-electron chi connectivity index (χ0n) is 20.9. The van der Waals surface area contributed by atoms with E-state index in [1.165, 1.54) is 22.8 Å². The molecule has 1 aliphatic heterocycles. The first-order chi connectivity index (χ1) is 18.2. The molecule has 7 nitrogen and oxygen atoms in total. The molecule has 1 saturated carbocycles. The van der Waals surface area contributed by atoms with Crippen LogP contribution in [0.15, 0.2) is 39.6 Å². The number of fused-ring (bicyclic) bond motifs is 1. The molecule has 10 heteroatoms. The zero-order valence-corrected chi connectivity index (χ0v) is 23.3. The Hall–Kier alpha value is -3.24. The van der Waals surface area contributed by atoms with Crippen molar-refractivity contribution in [3.05, 3.63) is 71.3 Å². The van der Waals surface area contributed by atoms with E-state index in [1.54, 1.807) is 12.1 Å². The molecule has 38 heavy (non-hydrogen) atoms. The highest BCUT2D eigenvalue weighted by molar-refractivity contribution is 9.10. The monoisotopic (exact) mass is 600 g/mol. The topological polar surface area (TPSA) is 86.6 Å². The minimum absolute atomic E-state index is 0.00224. The van der Waals surface area contributed by atoms with Gasteiger partial charge in [0.1, 0.15) is 34.6 Å². The molecule has 2 aromatic carbocycles. The van der Waals surface area contributed by atoms with Gasteiger partial charge in [-0.2, -0.15) is 0 Å². The number of rotatable bonds is 8. The predicted octanol–water partition coefficient (Wildman–Crippen LogP) is 3.76. The van der Waals surface area contributed by atoms with E-state index in [2.05, 4.69) is 21.2 Å². The molecule has 3 aromatic rings. The van der Waals surface area contributed by atoms with Crippen LogP contribution >= 0.6 is 27.3 Å². The van der Waals surface area contributed by atoms with Crippen LogP contribution in [0.3, 0.4) is 0 Å². The minimum Gasteiger partial charge on any atom is -0.494 e. The van der Waals surface area contributed by atoms with E-state index in [4.69, 9.17) is 9.47 Å². The Morgan fingerprint density at radius 1 is 1.29 bits per heavy atom. The van der Waals surface area contributed by atoms with Gasteiger partial charge < -0.3 is 14.8 Å². The summed E-state index contributed by atoms with van der Waals surface area (Å²) in [5.41, 5.74) is 1.28. The predicted molar refractivity (Wildman–Crippen MR) is 148 cm³/mol. The lowest BCUT2D eigenvalue weighted by Crippen LogP contribution is -2.36. The van der Waals surface area contributed by atoms with Gasteiger partial charge in [0.15, 0.2) is 5.78 Å². The summed E-state index contributed by atoms with van der Waals surface area (Å²) in [4.78, 5) is 39.0. The lowest BCUT2D eigenvalue weighted by atomic mass is 10.1. The van der Waals surface area contributed by atoms with Crippen LogP contribution < -0.4 is 29.5 Å². The van der Waals surface area contributed by atoms with Gasteiger partial charge in [-0.1, -0.05) is 15.9 Å². The summed E-state index contributed by atoms with van der Waals surface area (Å²) >= 11 is 4.32. The van der Waals surface area contributed by atoms with Crippen LogP contribution in [0.1, 0.15) is 37.8 Å². The van der Waals surface area contributed by atoms with Crippen molar-refractivity contribution in [1.82, 2.24) is 4.57 Å². The van der Waals surface area contributed by atoms with Gasteiger partial charge in [0, 0.05) is 34.0 Å². The first-order valence-electron chi connectivity index (χ1n) is 12.4. The van der Waals surface area contributed by atoms with Gasteiger partial charge in [-0.3, -0.25) is 19.0 Å². The smallest absolute Gasteiger partial charge is 0.269 e. The number of hydrogen-bond acceptors (Lipinski definition) is 6. The van der Waals surface area contributed by atoms with Gasteiger partial charge in [0.05, 0.1) is 16.8 Å². The maximum Gasteiger partial charge on any atom is 0.269 e. The molecule has 0 spiro atoms. The first kappa shape index (κ1) is 26.4. The lowest BCUT2D eigenvalue weighted by molar-refractivity contribution is -0.117. The Morgan fingerprint density at radius 2 is 2.08 bits per heavy atom. The second-order valence-electron chi connectivity index (χ2n) is 9.40. The molecule has 1 aliphatic carbocycles. The van der Waals surface area contributed by atoms with Gasteiger partial charge in [0.2, 0.25) is 5.91 Å². The third-order valence-corrected chi connectivity index (χ3v) is 7.83. The SMILES string of the molecule is CCOc1cc(/C=c2\s/c(=C/C(=O)C3CC3)n(CC(=O)Nc3ccc(Br)cc3F)c2=O)c2c(c1)CC(C)O2. The fourth-order valence-corrected chi connectivity index (χ4v) is 5.73. The lowest BCUT2D eigenvalue weighted by Gasteiger charge is -2.09. The molecule has 0 saturated heterocycles. The van der Waals surface area contributed by atoms with Crippen molar-refractivity contribution < 1.29 is 23.5 Å². The molecule has 1 unspecified atom stereocenters.